The van der Waals surface area contributed by atoms with E-state index in [9.17, 15) is 0 Å². The quantitative estimate of drug-likeness (QED) is 0.315. The van der Waals surface area contributed by atoms with Crippen molar-refractivity contribution in [2.45, 2.75) is 5.37 Å². The Labute approximate surface area is 49.4 Å². The second-order valence-electron chi connectivity index (χ2n) is 1.69. The van der Waals surface area contributed by atoms with Gasteiger partial charge in [-0.3, -0.25) is 4.90 Å². The standard InChI is InChI=1S/C5H9NS/c1-2-5(7)6-3-4-6/h2,5,7H,1,3-4H2. The van der Waals surface area contributed by atoms with Crippen LogP contribution in [0.2, 0.25) is 0 Å². The molecule has 1 saturated heterocycles. The van der Waals surface area contributed by atoms with E-state index in [4.69, 9.17) is 0 Å². The molecule has 1 unspecified atom stereocenters. The van der Waals surface area contributed by atoms with Crippen molar-refractivity contribution in [2.75, 3.05) is 13.1 Å². The van der Waals surface area contributed by atoms with Gasteiger partial charge in [0.05, 0.1) is 5.37 Å². The van der Waals surface area contributed by atoms with Gasteiger partial charge < -0.3 is 0 Å². The first-order valence-corrected chi connectivity index (χ1v) is 2.91. The highest BCUT2D eigenvalue weighted by molar-refractivity contribution is 7.81. The first-order valence-electron chi connectivity index (χ1n) is 2.39. The molecule has 0 radical (unpaired) electrons. The Bertz CT molecular complexity index is 78.1. The minimum atomic E-state index is 0.306. The van der Waals surface area contributed by atoms with Crippen molar-refractivity contribution in [3.63, 3.8) is 0 Å². The number of thiol groups is 1. The Morgan fingerprint density at radius 3 is 2.43 bits per heavy atom. The fourth-order valence-electron chi connectivity index (χ4n) is 0.471. The zero-order chi connectivity index (χ0) is 5.28. The van der Waals surface area contributed by atoms with E-state index >= 15 is 0 Å². The maximum absolute atomic E-state index is 4.20. The van der Waals surface area contributed by atoms with Crippen molar-refractivity contribution in [1.29, 1.82) is 0 Å². The highest BCUT2D eigenvalue weighted by atomic mass is 32.1. The van der Waals surface area contributed by atoms with E-state index < -0.39 is 0 Å². The second-order valence-corrected chi connectivity index (χ2v) is 2.21. The lowest BCUT2D eigenvalue weighted by molar-refractivity contribution is 0.594. The van der Waals surface area contributed by atoms with Crippen LogP contribution in [0.4, 0.5) is 0 Å². The Balaban J connectivity index is 2.22. The molecule has 0 aromatic carbocycles. The molecule has 1 heterocycles. The van der Waals surface area contributed by atoms with Gasteiger partial charge >= 0.3 is 0 Å². The number of nitrogens with zero attached hydrogens (tertiary/aromatic N) is 1. The van der Waals surface area contributed by atoms with Gasteiger partial charge in [-0.25, -0.2) is 0 Å². The number of rotatable bonds is 2. The van der Waals surface area contributed by atoms with Crippen molar-refractivity contribution in [3.05, 3.63) is 12.7 Å². The average Bonchev–Trinajstić information content (AvgIpc) is 2.44. The summed E-state index contributed by atoms with van der Waals surface area (Å²) in [5.41, 5.74) is 0. The molecule has 1 atom stereocenters. The summed E-state index contributed by atoms with van der Waals surface area (Å²) in [6.07, 6.45) is 1.84. The van der Waals surface area contributed by atoms with Crippen molar-refractivity contribution in [2.24, 2.45) is 0 Å². The fraction of sp³-hybridized carbons (Fsp3) is 0.600. The van der Waals surface area contributed by atoms with Crippen molar-refractivity contribution >= 4 is 12.6 Å². The van der Waals surface area contributed by atoms with Gasteiger partial charge in [-0.2, -0.15) is 12.6 Å². The maximum atomic E-state index is 4.20. The maximum Gasteiger partial charge on any atom is 0.0712 e. The third-order valence-electron chi connectivity index (χ3n) is 1.07. The number of hydrogen-bond acceptors (Lipinski definition) is 2. The van der Waals surface area contributed by atoms with Gasteiger partial charge in [-0.05, 0) is 0 Å². The van der Waals surface area contributed by atoms with E-state index in [0.717, 1.165) is 0 Å². The summed E-state index contributed by atoms with van der Waals surface area (Å²) in [4.78, 5) is 2.22. The van der Waals surface area contributed by atoms with Crippen molar-refractivity contribution in [3.8, 4) is 0 Å². The lowest BCUT2D eigenvalue weighted by Gasteiger charge is -2.01. The Hall–Kier alpha value is 0.0500. The highest BCUT2D eigenvalue weighted by Crippen LogP contribution is 2.13. The molecule has 1 rings (SSSR count). The summed E-state index contributed by atoms with van der Waals surface area (Å²) >= 11 is 4.20. The Morgan fingerprint density at radius 2 is 2.29 bits per heavy atom. The molecule has 0 amide bonds. The molecule has 0 saturated carbocycles. The predicted molar refractivity (Wildman–Crippen MR) is 34.5 cm³/mol. The van der Waals surface area contributed by atoms with E-state index in [2.05, 4.69) is 24.1 Å². The smallest absolute Gasteiger partial charge is 0.0712 e. The first-order chi connectivity index (χ1) is 3.34. The summed E-state index contributed by atoms with van der Waals surface area (Å²) < 4.78 is 0. The molecule has 1 fully saturated rings. The largest absolute Gasteiger partial charge is 0.286 e. The van der Waals surface area contributed by atoms with Crippen LogP contribution in [0.25, 0.3) is 0 Å². The second kappa shape index (κ2) is 1.88. The van der Waals surface area contributed by atoms with Crippen LogP contribution in [0, 0.1) is 0 Å². The van der Waals surface area contributed by atoms with Gasteiger partial charge in [0.25, 0.3) is 0 Å². The molecular weight excluding hydrogens is 106 g/mol. The predicted octanol–water partition coefficient (Wildman–Crippen LogP) is 0.744. The van der Waals surface area contributed by atoms with Crippen LogP contribution in [0.3, 0.4) is 0 Å². The molecule has 0 aromatic heterocycles. The van der Waals surface area contributed by atoms with Gasteiger partial charge in [0.2, 0.25) is 0 Å². The molecule has 0 N–H and O–H groups in total. The van der Waals surface area contributed by atoms with Gasteiger partial charge in [-0.15, -0.1) is 6.58 Å². The molecule has 7 heavy (non-hydrogen) atoms. The highest BCUT2D eigenvalue weighted by Gasteiger charge is 2.21. The molecule has 40 valence electrons. The fourth-order valence-corrected chi connectivity index (χ4v) is 0.702. The summed E-state index contributed by atoms with van der Waals surface area (Å²) in [6.45, 7) is 5.99. The summed E-state index contributed by atoms with van der Waals surface area (Å²) in [6, 6.07) is 0. The molecule has 1 nitrogen and oxygen atoms in total. The molecule has 1 aliphatic heterocycles. The van der Waals surface area contributed by atoms with Crippen LogP contribution in [-0.4, -0.2) is 23.4 Å². The molecule has 0 aromatic rings. The molecule has 0 spiro atoms. The summed E-state index contributed by atoms with van der Waals surface area (Å²) in [5, 5.41) is 0.306. The van der Waals surface area contributed by atoms with Gasteiger partial charge in [0.1, 0.15) is 0 Å². The van der Waals surface area contributed by atoms with Gasteiger partial charge in [0, 0.05) is 13.1 Å². The van der Waals surface area contributed by atoms with Crippen molar-refractivity contribution in [1.82, 2.24) is 4.90 Å². The minimum absolute atomic E-state index is 0.306. The lowest BCUT2D eigenvalue weighted by Crippen LogP contribution is -2.05. The van der Waals surface area contributed by atoms with Crippen LogP contribution in [-0.2, 0) is 0 Å². The van der Waals surface area contributed by atoms with E-state index in [1.54, 1.807) is 0 Å². The lowest BCUT2D eigenvalue weighted by atomic mass is 10.6. The van der Waals surface area contributed by atoms with Crippen LogP contribution >= 0.6 is 12.6 Å². The molecule has 2 heteroatoms. The van der Waals surface area contributed by atoms with Crippen LogP contribution in [0.1, 0.15) is 0 Å². The third-order valence-corrected chi connectivity index (χ3v) is 1.60. The zero-order valence-corrected chi connectivity index (χ0v) is 5.06. The van der Waals surface area contributed by atoms with E-state index in [-0.39, 0.29) is 0 Å². The van der Waals surface area contributed by atoms with Gasteiger partial charge in [-0.1, -0.05) is 6.08 Å². The SMILES string of the molecule is C=CC(S)N1CC1. The van der Waals surface area contributed by atoms with Crippen LogP contribution in [0.5, 0.6) is 0 Å². The number of hydrogen-bond donors (Lipinski definition) is 1. The third kappa shape index (κ3) is 1.21. The minimum Gasteiger partial charge on any atom is -0.286 e. The summed E-state index contributed by atoms with van der Waals surface area (Å²) in [5.74, 6) is 0. The summed E-state index contributed by atoms with van der Waals surface area (Å²) in [7, 11) is 0. The van der Waals surface area contributed by atoms with Gasteiger partial charge in [0.15, 0.2) is 0 Å². The molecule has 0 aliphatic carbocycles. The van der Waals surface area contributed by atoms with Crippen molar-refractivity contribution < 1.29 is 0 Å². The first kappa shape index (κ1) is 5.19. The van der Waals surface area contributed by atoms with Crippen LogP contribution < -0.4 is 0 Å². The Morgan fingerprint density at radius 1 is 1.71 bits per heavy atom. The molecular formula is C5H9NS. The van der Waals surface area contributed by atoms with E-state index in [1.807, 2.05) is 6.08 Å². The normalized spacial score (nSPS) is 24.1. The van der Waals surface area contributed by atoms with Crippen LogP contribution in [0.15, 0.2) is 12.7 Å². The average molecular weight is 115 g/mol. The zero-order valence-electron chi connectivity index (χ0n) is 4.17. The molecule has 0 bridgehead atoms. The monoisotopic (exact) mass is 115 g/mol. The molecule has 1 aliphatic rings. The topological polar surface area (TPSA) is 3.01 Å². The van der Waals surface area contributed by atoms with E-state index in [1.165, 1.54) is 13.1 Å². The Kier molecular flexibility index (Phi) is 1.40. The van der Waals surface area contributed by atoms with E-state index in [0.29, 0.717) is 5.37 Å².